The lowest BCUT2D eigenvalue weighted by atomic mass is 10.3. The molecule has 0 saturated carbocycles. The molecule has 0 amide bonds. The molecule has 5 nitrogen and oxygen atoms in total. The van der Waals surface area contributed by atoms with Crippen molar-refractivity contribution in [2.24, 2.45) is 0 Å². The van der Waals surface area contributed by atoms with Crippen LogP contribution in [0.15, 0.2) is 18.3 Å². The van der Waals surface area contributed by atoms with Crippen molar-refractivity contribution in [3.63, 3.8) is 0 Å². The molecule has 2 rings (SSSR count). The highest BCUT2D eigenvalue weighted by atomic mass is 16.5. The van der Waals surface area contributed by atoms with Crippen LogP contribution in [0.5, 0.6) is 0 Å². The van der Waals surface area contributed by atoms with Crippen LogP contribution in [0.4, 0.5) is 11.5 Å². The van der Waals surface area contributed by atoms with Crippen LogP contribution in [0.3, 0.4) is 0 Å². The standard InChI is InChI=1S/C9H13N3O2/c13-11-9-2-1-8(7-10-9)12-3-5-14-6-4-12/h1-2,7,13H,3-6H2,(H,10,11). The molecule has 0 unspecified atom stereocenters. The molecule has 0 spiro atoms. The summed E-state index contributed by atoms with van der Waals surface area (Å²) in [5, 5.41) is 8.59. The molecule has 0 aromatic carbocycles. The highest BCUT2D eigenvalue weighted by molar-refractivity contribution is 5.48. The largest absolute Gasteiger partial charge is 0.378 e. The van der Waals surface area contributed by atoms with Crippen molar-refractivity contribution in [2.75, 3.05) is 36.7 Å². The van der Waals surface area contributed by atoms with Gasteiger partial charge in [-0.25, -0.2) is 4.98 Å². The molecule has 0 radical (unpaired) electrons. The van der Waals surface area contributed by atoms with Gasteiger partial charge in [0.15, 0.2) is 0 Å². The monoisotopic (exact) mass is 195 g/mol. The second-order valence-corrected chi connectivity index (χ2v) is 3.11. The summed E-state index contributed by atoms with van der Waals surface area (Å²) in [5.41, 5.74) is 3.07. The van der Waals surface area contributed by atoms with Crippen LogP contribution in [-0.2, 0) is 4.74 Å². The van der Waals surface area contributed by atoms with Crippen molar-refractivity contribution in [3.8, 4) is 0 Å². The summed E-state index contributed by atoms with van der Waals surface area (Å²) in [4.78, 5) is 6.23. The predicted molar refractivity (Wildman–Crippen MR) is 52.7 cm³/mol. The van der Waals surface area contributed by atoms with Gasteiger partial charge in [0, 0.05) is 13.1 Å². The van der Waals surface area contributed by atoms with Crippen LogP contribution >= 0.6 is 0 Å². The molecular weight excluding hydrogens is 182 g/mol. The molecule has 2 N–H and O–H groups in total. The van der Waals surface area contributed by atoms with Gasteiger partial charge in [-0.1, -0.05) is 0 Å². The fourth-order valence-electron chi connectivity index (χ4n) is 1.46. The zero-order valence-corrected chi connectivity index (χ0v) is 7.81. The lowest BCUT2D eigenvalue weighted by Gasteiger charge is -2.28. The van der Waals surface area contributed by atoms with E-state index in [0.29, 0.717) is 5.82 Å². The number of pyridine rings is 1. The number of rotatable bonds is 2. The van der Waals surface area contributed by atoms with Crippen LogP contribution in [0, 0.1) is 0 Å². The van der Waals surface area contributed by atoms with Crippen LogP contribution in [0.1, 0.15) is 0 Å². The second-order valence-electron chi connectivity index (χ2n) is 3.11. The van der Waals surface area contributed by atoms with E-state index in [4.69, 9.17) is 9.94 Å². The number of hydrogen-bond donors (Lipinski definition) is 2. The van der Waals surface area contributed by atoms with Crippen LogP contribution in [-0.4, -0.2) is 36.5 Å². The van der Waals surface area contributed by atoms with Crippen molar-refractivity contribution in [2.45, 2.75) is 0 Å². The third-order valence-corrected chi connectivity index (χ3v) is 2.24. The minimum absolute atomic E-state index is 0.460. The van der Waals surface area contributed by atoms with E-state index in [0.717, 1.165) is 32.0 Å². The Labute approximate surface area is 82.3 Å². The van der Waals surface area contributed by atoms with Gasteiger partial charge in [-0.05, 0) is 12.1 Å². The maximum absolute atomic E-state index is 8.59. The summed E-state index contributed by atoms with van der Waals surface area (Å²) in [5.74, 6) is 0.460. The van der Waals surface area contributed by atoms with E-state index >= 15 is 0 Å². The van der Waals surface area contributed by atoms with E-state index in [9.17, 15) is 0 Å². The maximum Gasteiger partial charge on any atom is 0.149 e. The molecule has 1 aliphatic heterocycles. The number of nitrogens with zero attached hydrogens (tertiary/aromatic N) is 2. The number of aromatic nitrogens is 1. The highest BCUT2D eigenvalue weighted by Crippen LogP contribution is 2.15. The lowest BCUT2D eigenvalue weighted by molar-refractivity contribution is 0.122. The summed E-state index contributed by atoms with van der Waals surface area (Å²) in [6.45, 7) is 3.32. The first-order chi connectivity index (χ1) is 6.90. The van der Waals surface area contributed by atoms with Gasteiger partial charge in [-0.3, -0.25) is 10.7 Å². The van der Waals surface area contributed by atoms with Gasteiger partial charge >= 0.3 is 0 Å². The Bertz CT molecular complexity index is 283. The van der Waals surface area contributed by atoms with Crippen molar-refractivity contribution in [1.29, 1.82) is 0 Å². The van der Waals surface area contributed by atoms with E-state index in [2.05, 4.69) is 9.88 Å². The first-order valence-corrected chi connectivity index (χ1v) is 4.59. The lowest BCUT2D eigenvalue weighted by Crippen LogP contribution is -2.36. The zero-order valence-electron chi connectivity index (χ0n) is 7.81. The van der Waals surface area contributed by atoms with Gasteiger partial charge in [0.1, 0.15) is 5.82 Å². The summed E-state index contributed by atoms with van der Waals surface area (Å²) >= 11 is 0. The van der Waals surface area contributed by atoms with Gasteiger partial charge in [-0.2, -0.15) is 0 Å². The molecule has 1 aliphatic rings. The Morgan fingerprint density at radius 2 is 2.14 bits per heavy atom. The Hall–Kier alpha value is -1.33. The zero-order chi connectivity index (χ0) is 9.80. The molecule has 1 fully saturated rings. The average Bonchev–Trinajstić information content (AvgIpc) is 2.30. The van der Waals surface area contributed by atoms with Gasteiger partial charge in [-0.15, -0.1) is 0 Å². The third kappa shape index (κ3) is 1.94. The predicted octanol–water partition coefficient (Wildman–Crippen LogP) is 0.719. The van der Waals surface area contributed by atoms with Gasteiger partial charge < -0.3 is 9.64 Å². The number of hydrogen-bond acceptors (Lipinski definition) is 5. The van der Waals surface area contributed by atoms with Crippen LogP contribution < -0.4 is 10.4 Å². The fraction of sp³-hybridized carbons (Fsp3) is 0.444. The van der Waals surface area contributed by atoms with Crippen molar-refractivity contribution in [1.82, 2.24) is 4.98 Å². The minimum atomic E-state index is 0.460. The molecule has 2 heterocycles. The smallest absolute Gasteiger partial charge is 0.149 e. The van der Waals surface area contributed by atoms with Crippen molar-refractivity contribution in [3.05, 3.63) is 18.3 Å². The Balaban J connectivity index is 2.07. The van der Waals surface area contributed by atoms with Crippen molar-refractivity contribution >= 4 is 11.5 Å². The Morgan fingerprint density at radius 1 is 1.36 bits per heavy atom. The van der Waals surface area contributed by atoms with E-state index in [1.165, 1.54) is 0 Å². The van der Waals surface area contributed by atoms with E-state index in [1.807, 2.05) is 11.5 Å². The molecule has 1 aromatic rings. The number of morpholine rings is 1. The Morgan fingerprint density at radius 3 is 2.71 bits per heavy atom. The molecule has 0 atom stereocenters. The van der Waals surface area contributed by atoms with Gasteiger partial charge in [0.2, 0.25) is 0 Å². The normalized spacial score (nSPS) is 16.8. The second kappa shape index (κ2) is 4.26. The highest BCUT2D eigenvalue weighted by Gasteiger charge is 2.10. The quantitative estimate of drug-likeness (QED) is 0.681. The number of nitrogens with one attached hydrogen (secondary N) is 1. The minimum Gasteiger partial charge on any atom is -0.378 e. The molecule has 5 heteroatoms. The number of ether oxygens (including phenoxy) is 1. The molecule has 14 heavy (non-hydrogen) atoms. The molecule has 1 aromatic heterocycles. The summed E-state index contributed by atoms with van der Waals surface area (Å²) < 4.78 is 5.25. The van der Waals surface area contributed by atoms with Gasteiger partial charge in [0.25, 0.3) is 0 Å². The molecule has 1 saturated heterocycles. The van der Waals surface area contributed by atoms with Crippen LogP contribution in [0.2, 0.25) is 0 Å². The molecule has 0 aliphatic carbocycles. The van der Waals surface area contributed by atoms with E-state index in [1.54, 1.807) is 12.3 Å². The molecular formula is C9H13N3O2. The van der Waals surface area contributed by atoms with Crippen molar-refractivity contribution < 1.29 is 9.94 Å². The average molecular weight is 195 g/mol. The molecule has 76 valence electrons. The first-order valence-electron chi connectivity index (χ1n) is 4.59. The number of anilines is 2. The van der Waals surface area contributed by atoms with E-state index < -0.39 is 0 Å². The van der Waals surface area contributed by atoms with E-state index in [-0.39, 0.29) is 0 Å². The molecule has 0 bridgehead atoms. The van der Waals surface area contributed by atoms with Crippen LogP contribution in [0.25, 0.3) is 0 Å². The Kier molecular flexibility index (Phi) is 2.81. The maximum atomic E-state index is 8.59. The fourth-order valence-corrected chi connectivity index (χ4v) is 1.46. The summed E-state index contributed by atoms with van der Waals surface area (Å²) in [6, 6.07) is 3.67. The SMILES string of the molecule is ONc1ccc(N2CCOCC2)cn1. The first kappa shape index (κ1) is 9.23. The topological polar surface area (TPSA) is 57.6 Å². The summed E-state index contributed by atoms with van der Waals surface area (Å²) in [6.07, 6.45) is 1.74. The summed E-state index contributed by atoms with van der Waals surface area (Å²) in [7, 11) is 0. The third-order valence-electron chi connectivity index (χ3n) is 2.24. The van der Waals surface area contributed by atoms with Gasteiger partial charge in [0.05, 0.1) is 25.1 Å².